The third-order valence-corrected chi connectivity index (χ3v) is 11.1. The average Bonchev–Trinajstić information content (AvgIpc) is 2.89. The van der Waals surface area contributed by atoms with Crippen molar-refractivity contribution in [2.24, 2.45) is 47.3 Å². The molecule has 1 fully saturated rings. The van der Waals surface area contributed by atoms with Gasteiger partial charge in [0.15, 0.2) is 0 Å². The van der Waals surface area contributed by atoms with E-state index in [4.69, 9.17) is 9.47 Å². The third-order valence-electron chi connectivity index (χ3n) is 9.32. The van der Waals surface area contributed by atoms with Crippen LogP contribution in [0.2, 0.25) is 0 Å². The lowest BCUT2D eigenvalue weighted by atomic mass is 9.82. The Labute approximate surface area is 256 Å². The minimum absolute atomic E-state index is 0.754. The minimum atomic E-state index is 0.754. The van der Waals surface area contributed by atoms with Gasteiger partial charge in [0, 0.05) is 37.1 Å². The summed E-state index contributed by atoms with van der Waals surface area (Å²) in [4.78, 5) is 0. The van der Waals surface area contributed by atoms with Gasteiger partial charge in [-0.05, 0) is 124 Å². The molecule has 0 amide bonds. The topological polar surface area (TPSA) is 18.5 Å². The molecule has 0 aliphatic carbocycles. The molecule has 0 aromatic carbocycles. The Balaban J connectivity index is 2.67. The molecular formula is C34H66Br2O2. The number of alkyl halides is 2. The zero-order valence-electron chi connectivity index (χ0n) is 26.3. The molecule has 0 aromatic heterocycles. The summed E-state index contributed by atoms with van der Waals surface area (Å²) in [5.74, 6) is 6.39. The van der Waals surface area contributed by atoms with Gasteiger partial charge in [-0.2, -0.15) is 0 Å². The van der Waals surface area contributed by atoms with Crippen LogP contribution < -0.4 is 0 Å². The van der Waals surface area contributed by atoms with Gasteiger partial charge in [-0.25, -0.2) is 0 Å². The highest BCUT2D eigenvalue weighted by molar-refractivity contribution is 9.09. The van der Waals surface area contributed by atoms with Crippen LogP contribution in [0.5, 0.6) is 0 Å². The number of hydrogen-bond donors (Lipinski definition) is 0. The van der Waals surface area contributed by atoms with Crippen LogP contribution in [0.25, 0.3) is 0 Å². The SMILES string of the molecule is CCC1CCCOCCC(CC)CC(CBr)CC(C)CC(C)CCOCCCC(C)CC(C)CC(CBr)C1. The van der Waals surface area contributed by atoms with Gasteiger partial charge in [-0.1, -0.05) is 86.2 Å². The maximum absolute atomic E-state index is 6.17. The number of halogens is 2. The van der Waals surface area contributed by atoms with E-state index in [0.717, 1.165) is 84.4 Å². The van der Waals surface area contributed by atoms with Gasteiger partial charge in [0.05, 0.1) is 0 Å². The number of hydrogen-bond acceptors (Lipinski definition) is 2. The summed E-state index contributed by atoms with van der Waals surface area (Å²) in [5.41, 5.74) is 0. The molecule has 38 heavy (non-hydrogen) atoms. The molecule has 0 spiro atoms. The zero-order chi connectivity index (χ0) is 28.2. The molecule has 0 aromatic rings. The molecule has 8 unspecified atom stereocenters. The number of rotatable bonds is 4. The van der Waals surface area contributed by atoms with E-state index < -0.39 is 0 Å². The van der Waals surface area contributed by atoms with Gasteiger partial charge in [0.25, 0.3) is 0 Å². The summed E-state index contributed by atoms with van der Waals surface area (Å²) >= 11 is 7.70. The van der Waals surface area contributed by atoms with Gasteiger partial charge in [-0.15, -0.1) is 0 Å². The van der Waals surface area contributed by atoms with Crippen LogP contribution in [0.4, 0.5) is 0 Å². The van der Waals surface area contributed by atoms with Crippen molar-refractivity contribution in [3.05, 3.63) is 0 Å². The second-order valence-corrected chi connectivity index (χ2v) is 14.8. The van der Waals surface area contributed by atoms with Crippen molar-refractivity contribution in [3.8, 4) is 0 Å². The van der Waals surface area contributed by atoms with Gasteiger partial charge in [-0.3, -0.25) is 0 Å². The Morgan fingerprint density at radius 2 is 0.921 bits per heavy atom. The Morgan fingerprint density at radius 1 is 0.474 bits per heavy atom. The van der Waals surface area contributed by atoms with E-state index in [1.54, 1.807) is 0 Å². The van der Waals surface area contributed by atoms with Crippen LogP contribution in [-0.2, 0) is 9.47 Å². The van der Waals surface area contributed by atoms with E-state index >= 15 is 0 Å². The molecule has 0 bridgehead atoms. The van der Waals surface area contributed by atoms with Crippen LogP contribution in [0.3, 0.4) is 0 Å². The zero-order valence-corrected chi connectivity index (χ0v) is 29.5. The van der Waals surface area contributed by atoms with E-state index in [9.17, 15) is 0 Å². The molecule has 0 N–H and O–H groups in total. The highest BCUT2D eigenvalue weighted by Crippen LogP contribution is 2.31. The van der Waals surface area contributed by atoms with Gasteiger partial charge >= 0.3 is 0 Å². The maximum atomic E-state index is 6.17. The van der Waals surface area contributed by atoms with Gasteiger partial charge in [0.2, 0.25) is 0 Å². The van der Waals surface area contributed by atoms with Gasteiger partial charge < -0.3 is 9.47 Å². The lowest BCUT2D eigenvalue weighted by molar-refractivity contribution is 0.106. The van der Waals surface area contributed by atoms with Crippen LogP contribution >= 0.6 is 31.9 Å². The van der Waals surface area contributed by atoms with Crippen LogP contribution in [0, 0.1) is 47.3 Å². The van der Waals surface area contributed by atoms with Crippen molar-refractivity contribution in [2.75, 3.05) is 37.1 Å². The average molecular weight is 667 g/mol. The predicted octanol–water partition coefficient (Wildman–Crippen LogP) is 11.3. The van der Waals surface area contributed by atoms with E-state index in [1.807, 2.05) is 0 Å². The van der Waals surface area contributed by atoms with Crippen LogP contribution in [0.1, 0.15) is 131 Å². The van der Waals surface area contributed by atoms with Crippen LogP contribution in [0.15, 0.2) is 0 Å². The molecule has 1 aliphatic heterocycles. The van der Waals surface area contributed by atoms with Crippen molar-refractivity contribution in [3.63, 3.8) is 0 Å². The Morgan fingerprint density at radius 3 is 1.42 bits per heavy atom. The molecular weight excluding hydrogens is 600 g/mol. The molecule has 228 valence electrons. The lowest BCUT2D eigenvalue weighted by Crippen LogP contribution is -2.17. The van der Waals surface area contributed by atoms with E-state index in [2.05, 4.69) is 73.4 Å². The standard InChI is InChI=1S/C34H66Br2O2/c1-7-31-12-10-16-38-18-14-32(8-2)24-34(26-36)22-30(6)20-28(4)13-17-37-15-9-11-27(3)19-29(5)21-33(23-31)25-35/h27-34H,7-26H2,1-6H3. The van der Waals surface area contributed by atoms with E-state index in [0.29, 0.717) is 0 Å². The molecule has 8 atom stereocenters. The fraction of sp³-hybridized carbons (Fsp3) is 1.00. The first-order valence-corrected chi connectivity index (χ1v) is 18.8. The molecule has 0 saturated carbocycles. The molecule has 1 aliphatic rings. The summed E-state index contributed by atoms with van der Waals surface area (Å²) in [6.07, 6.45) is 18.2. The van der Waals surface area contributed by atoms with Crippen molar-refractivity contribution in [1.82, 2.24) is 0 Å². The monoisotopic (exact) mass is 664 g/mol. The third kappa shape index (κ3) is 18.3. The Hall–Kier alpha value is 0.880. The first-order valence-electron chi connectivity index (χ1n) is 16.6. The van der Waals surface area contributed by atoms with Gasteiger partial charge in [0.1, 0.15) is 0 Å². The minimum Gasteiger partial charge on any atom is -0.381 e. The second-order valence-electron chi connectivity index (χ2n) is 13.5. The first-order chi connectivity index (χ1) is 18.3. The highest BCUT2D eigenvalue weighted by Gasteiger charge is 2.20. The smallest absolute Gasteiger partial charge is 0.0468 e. The highest BCUT2D eigenvalue weighted by atomic mass is 79.9. The molecule has 0 radical (unpaired) electrons. The summed E-state index contributed by atoms with van der Waals surface area (Å²) < 4.78 is 12.3. The number of ether oxygens (including phenoxy) is 2. The van der Waals surface area contributed by atoms with E-state index in [1.165, 1.54) is 89.9 Å². The molecule has 2 nitrogen and oxygen atoms in total. The molecule has 1 heterocycles. The summed E-state index contributed by atoms with van der Waals surface area (Å²) in [6.45, 7) is 18.4. The van der Waals surface area contributed by atoms with E-state index in [-0.39, 0.29) is 0 Å². The maximum Gasteiger partial charge on any atom is 0.0468 e. The predicted molar refractivity (Wildman–Crippen MR) is 176 cm³/mol. The van der Waals surface area contributed by atoms with Crippen molar-refractivity contribution >= 4 is 31.9 Å². The largest absolute Gasteiger partial charge is 0.381 e. The van der Waals surface area contributed by atoms with Crippen molar-refractivity contribution < 1.29 is 9.47 Å². The summed E-state index contributed by atoms with van der Waals surface area (Å²) in [5, 5.41) is 2.29. The fourth-order valence-electron chi connectivity index (χ4n) is 7.05. The Bertz CT molecular complexity index is 485. The van der Waals surface area contributed by atoms with Crippen molar-refractivity contribution in [2.45, 2.75) is 131 Å². The second kappa shape index (κ2) is 23.4. The summed E-state index contributed by atoms with van der Waals surface area (Å²) in [7, 11) is 0. The van der Waals surface area contributed by atoms with Crippen molar-refractivity contribution in [1.29, 1.82) is 0 Å². The molecule has 4 heteroatoms. The summed E-state index contributed by atoms with van der Waals surface area (Å²) in [6, 6.07) is 0. The fourth-order valence-corrected chi connectivity index (χ4v) is 8.11. The quantitative estimate of drug-likeness (QED) is 0.278. The first kappa shape index (κ1) is 36.9. The molecule has 1 rings (SSSR count). The Kier molecular flexibility index (Phi) is 22.8. The normalized spacial score (nSPS) is 36.0. The van der Waals surface area contributed by atoms with Crippen LogP contribution in [-0.4, -0.2) is 37.1 Å². The lowest BCUT2D eigenvalue weighted by Gasteiger charge is -2.26. The molecule has 1 saturated heterocycles.